The van der Waals surface area contributed by atoms with Gasteiger partial charge in [0.1, 0.15) is 17.9 Å². The summed E-state index contributed by atoms with van der Waals surface area (Å²) in [6, 6.07) is 7.26. The molecule has 6 nitrogen and oxygen atoms in total. The van der Waals surface area contributed by atoms with Crippen LogP contribution in [0.5, 0.6) is 5.75 Å². The highest BCUT2D eigenvalue weighted by molar-refractivity contribution is 6.24. The maximum atomic E-state index is 12.0. The summed E-state index contributed by atoms with van der Waals surface area (Å²) in [6.45, 7) is 4.04. The number of hydrogen-bond acceptors (Lipinski definition) is 5. The van der Waals surface area contributed by atoms with Crippen LogP contribution in [0, 0.1) is 0 Å². The van der Waals surface area contributed by atoms with Gasteiger partial charge in [0.25, 0.3) is 5.91 Å². The Labute approximate surface area is 135 Å². The second kappa shape index (κ2) is 7.49. The van der Waals surface area contributed by atoms with Gasteiger partial charge in [0.05, 0.1) is 18.5 Å². The van der Waals surface area contributed by atoms with Crippen LogP contribution in [0.15, 0.2) is 46.5 Å². The van der Waals surface area contributed by atoms with Crippen molar-refractivity contribution < 1.29 is 19.5 Å². The average molecular weight is 316 g/mol. The van der Waals surface area contributed by atoms with Gasteiger partial charge in [0.2, 0.25) is 0 Å². The van der Waals surface area contributed by atoms with E-state index in [0.29, 0.717) is 18.0 Å². The summed E-state index contributed by atoms with van der Waals surface area (Å²) in [4.78, 5) is 17.1. The summed E-state index contributed by atoms with van der Waals surface area (Å²) < 4.78 is 5.09. The molecule has 0 aliphatic carbocycles. The summed E-state index contributed by atoms with van der Waals surface area (Å²) in [7, 11) is 1.59. The zero-order chi connectivity index (χ0) is 16.8. The number of nitrogens with one attached hydrogen (secondary N) is 1. The molecule has 0 saturated heterocycles. The number of oxime groups is 1. The predicted octanol–water partition coefficient (Wildman–Crippen LogP) is 2.78. The molecule has 122 valence electrons. The molecule has 0 atom stereocenters. The Balaban J connectivity index is 2.25. The molecule has 1 heterocycles. The molecule has 1 aliphatic heterocycles. The number of benzene rings is 1. The van der Waals surface area contributed by atoms with Crippen LogP contribution in [-0.4, -0.2) is 30.4 Å². The fraction of sp³-hybridized carbons (Fsp3) is 0.294. The van der Waals surface area contributed by atoms with Crippen molar-refractivity contribution in [3.05, 3.63) is 46.9 Å². The molecule has 0 spiro atoms. The van der Waals surface area contributed by atoms with Crippen molar-refractivity contribution in [3.63, 3.8) is 0 Å². The topological polar surface area (TPSA) is 80.2 Å². The Bertz CT molecular complexity index is 672. The molecule has 0 aromatic heterocycles. The zero-order valence-electron chi connectivity index (χ0n) is 13.4. The average Bonchev–Trinajstić information content (AvgIpc) is 2.82. The van der Waals surface area contributed by atoms with Crippen molar-refractivity contribution >= 4 is 17.7 Å². The number of hydrogen-bond donors (Lipinski definition) is 2. The highest BCUT2D eigenvalue weighted by Crippen LogP contribution is 2.23. The van der Waals surface area contributed by atoms with E-state index in [0.717, 1.165) is 17.7 Å². The van der Waals surface area contributed by atoms with E-state index in [-0.39, 0.29) is 11.3 Å². The first kappa shape index (κ1) is 16.6. The highest BCUT2D eigenvalue weighted by atomic mass is 16.6. The smallest absolute Gasteiger partial charge is 0.261 e. The molecule has 0 radical (unpaired) electrons. The fourth-order valence-electron chi connectivity index (χ4n) is 2.07. The maximum absolute atomic E-state index is 12.0. The molecule has 1 aromatic rings. The predicted molar refractivity (Wildman–Crippen MR) is 88.1 cm³/mol. The van der Waals surface area contributed by atoms with Crippen molar-refractivity contribution in [2.24, 2.45) is 5.16 Å². The Kier molecular flexibility index (Phi) is 5.41. The number of carbonyl (C=O) groups is 1. The molecule has 0 saturated carbocycles. The van der Waals surface area contributed by atoms with Crippen LogP contribution in [0.1, 0.15) is 25.8 Å². The van der Waals surface area contributed by atoms with Crippen molar-refractivity contribution in [1.82, 2.24) is 5.32 Å². The van der Waals surface area contributed by atoms with E-state index in [1.807, 2.05) is 19.1 Å². The number of nitrogens with zero attached hydrogens (tertiary/aromatic N) is 1. The minimum Gasteiger partial charge on any atom is -0.505 e. The molecule has 1 aromatic carbocycles. The lowest BCUT2D eigenvalue weighted by atomic mass is 10.1. The lowest BCUT2D eigenvalue weighted by Crippen LogP contribution is -2.19. The molecule has 0 unspecified atom stereocenters. The number of carbonyl (C=O) groups excluding carboxylic acids is 1. The van der Waals surface area contributed by atoms with Gasteiger partial charge < -0.3 is 20.0 Å². The lowest BCUT2D eigenvalue weighted by molar-refractivity contribution is -0.115. The SMILES string of the molecule is CCCO/N=C(\C)C1=C(O)/C(=C/c2ccc(OC)cc2)NC1=O. The van der Waals surface area contributed by atoms with Crippen LogP contribution in [-0.2, 0) is 9.63 Å². The molecule has 2 rings (SSSR count). The first-order valence-corrected chi connectivity index (χ1v) is 7.34. The van der Waals surface area contributed by atoms with Gasteiger partial charge in [-0.15, -0.1) is 0 Å². The highest BCUT2D eigenvalue weighted by Gasteiger charge is 2.29. The van der Waals surface area contributed by atoms with Gasteiger partial charge >= 0.3 is 0 Å². The summed E-state index contributed by atoms with van der Waals surface area (Å²) in [6.07, 6.45) is 2.50. The second-order valence-corrected chi connectivity index (χ2v) is 5.02. The van der Waals surface area contributed by atoms with Gasteiger partial charge in [-0.2, -0.15) is 0 Å². The molecule has 1 amide bonds. The number of ether oxygens (including phenoxy) is 1. The fourth-order valence-corrected chi connectivity index (χ4v) is 2.07. The standard InChI is InChI=1S/C17H20N2O4/c1-4-9-23-19-11(2)15-16(20)14(18-17(15)21)10-12-5-7-13(22-3)8-6-12/h5-8,10,20H,4,9H2,1-3H3,(H,18,21)/b14-10-,19-11+. The third kappa shape index (κ3) is 3.91. The summed E-state index contributed by atoms with van der Waals surface area (Å²) >= 11 is 0. The van der Waals surface area contributed by atoms with Crippen LogP contribution in [0.25, 0.3) is 6.08 Å². The molecule has 23 heavy (non-hydrogen) atoms. The molecular formula is C17H20N2O4. The van der Waals surface area contributed by atoms with E-state index < -0.39 is 5.91 Å². The number of aliphatic hydroxyl groups excluding tert-OH is 1. The van der Waals surface area contributed by atoms with E-state index in [2.05, 4.69) is 10.5 Å². The molecule has 2 N–H and O–H groups in total. The van der Waals surface area contributed by atoms with Crippen molar-refractivity contribution in [3.8, 4) is 5.75 Å². The van der Waals surface area contributed by atoms with Gasteiger partial charge in [-0.05, 0) is 37.1 Å². The third-order valence-corrected chi connectivity index (χ3v) is 3.25. The maximum Gasteiger partial charge on any atom is 0.261 e. The largest absolute Gasteiger partial charge is 0.505 e. The van der Waals surface area contributed by atoms with Crippen molar-refractivity contribution in [1.29, 1.82) is 0 Å². The van der Waals surface area contributed by atoms with Crippen molar-refractivity contribution in [2.45, 2.75) is 20.3 Å². The number of aliphatic hydroxyl groups is 1. The number of methoxy groups -OCH3 is 1. The van der Waals surface area contributed by atoms with Gasteiger partial charge in [0.15, 0.2) is 5.76 Å². The number of amides is 1. The van der Waals surface area contributed by atoms with Crippen LogP contribution in [0.2, 0.25) is 0 Å². The van der Waals surface area contributed by atoms with Gasteiger partial charge in [-0.25, -0.2) is 0 Å². The van der Waals surface area contributed by atoms with E-state index in [4.69, 9.17) is 9.57 Å². The first-order valence-electron chi connectivity index (χ1n) is 7.34. The van der Waals surface area contributed by atoms with Crippen LogP contribution in [0.3, 0.4) is 0 Å². The summed E-state index contributed by atoms with van der Waals surface area (Å²) in [5, 5.41) is 16.8. The molecular weight excluding hydrogens is 296 g/mol. The minimum atomic E-state index is -0.399. The van der Waals surface area contributed by atoms with E-state index in [9.17, 15) is 9.90 Å². The minimum absolute atomic E-state index is 0.126. The quantitative estimate of drug-likeness (QED) is 0.480. The van der Waals surface area contributed by atoms with Gasteiger partial charge in [0, 0.05) is 0 Å². The van der Waals surface area contributed by atoms with Gasteiger partial charge in [-0.3, -0.25) is 4.79 Å². The van der Waals surface area contributed by atoms with Crippen LogP contribution < -0.4 is 10.1 Å². The summed E-state index contributed by atoms with van der Waals surface area (Å²) in [5.41, 5.74) is 1.62. The zero-order valence-corrected chi connectivity index (χ0v) is 13.4. The van der Waals surface area contributed by atoms with E-state index in [1.165, 1.54) is 0 Å². The first-order chi connectivity index (χ1) is 11.1. The normalized spacial score (nSPS) is 16.7. The van der Waals surface area contributed by atoms with Crippen LogP contribution >= 0.6 is 0 Å². The van der Waals surface area contributed by atoms with Crippen LogP contribution in [0.4, 0.5) is 0 Å². The Morgan fingerprint density at radius 3 is 2.65 bits per heavy atom. The second-order valence-electron chi connectivity index (χ2n) is 5.02. The molecule has 6 heteroatoms. The monoisotopic (exact) mass is 316 g/mol. The third-order valence-electron chi connectivity index (χ3n) is 3.25. The van der Waals surface area contributed by atoms with Crippen molar-refractivity contribution in [2.75, 3.05) is 13.7 Å². The lowest BCUT2D eigenvalue weighted by Gasteiger charge is -2.02. The Hall–Kier alpha value is -2.76. The molecule has 0 fully saturated rings. The summed E-state index contributed by atoms with van der Waals surface area (Å²) in [5.74, 6) is 0.204. The molecule has 0 bridgehead atoms. The molecule has 1 aliphatic rings. The van der Waals surface area contributed by atoms with Gasteiger partial charge in [-0.1, -0.05) is 24.2 Å². The van der Waals surface area contributed by atoms with E-state index in [1.54, 1.807) is 32.2 Å². The van der Waals surface area contributed by atoms with E-state index >= 15 is 0 Å². The Morgan fingerprint density at radius 2 is 2.04 bits per heavy atom. The number of rotatable bonds is 6. The Morgan fingerprint density at radius 1 is 1.35 bits per heavy atom.